The summed E-state index contributed by atoms with van der Waals surface area (Å²) in [7, 11) is 3.09. The van der Waals surface area contributed by atoms with Crippen LogP contribution < -0.4 is 24.4 Å². The van der Waals surface area contributed by atoms with Crippen LogP contribution in [0.2, 0.25) is 0 Å². The van der Waals surface area contributed by atoms with E-state index in [2.05, 4.69) is 73.4 Å². The Labute approximate surface area is 269 Å². The Morgan fingerprint density at radius 2 is 1.76 bits per heavy atom. The quantitative estimate of drug-likeness (QED) is 0.181. The zero-order valence-corrected chi connectivity index (χ0v) is 28.5. The molecule has 0 spiro atoms. The second-order valence-electron chi connectivity index (χ2n) is 9.67. The van der Waals surface area contributed by atoms with E-state index in [0.29, 0.717) is 42.1 Å². The van der Waals surface area contributed by atoms with Crippen molar-refractivity contribution in [2.24, 2.45) is 4.99 Å². The van der Waals surface area contributed by atoms with Gasteiger partial charge in [-0.1, -0.05) is 27.3 Å². The van der Waals surface area contributed by atoms with Gasteiger partial charge in [-0.3, -0.25) is 9.36 Å². The molecule has 1 aliphatic rings. The maximum absolute atomic E-state index is 14.2. The van der Waals surface area contributed by atoms with Gasteiger partial charge < -0.3 is 18.8 Å². The van der Waals surface area contributed by atoms with Crippen molar-refractivity contribution in [2.45, 2.75) is 33.7 Å². The lowest BCUT2D eigenvalue weighted by atomic mass is 9.95. The summed E-state index contributed by atoms with van der Waals surface area (Å²) in [5, 5.41) is 0. The van der Waals surface area contributed by atoms with Crippen molar-refractivity contribution in [3.05, 3.63) is 104 Å². The predicted octanol–water partition coefficient (Wildman–Crippen LogP) is 5.59. The average molecular weight is 762 g/mol. The van der Waals surface area contributed by atoms with E-state index in [1.54, 1.807) is 44.8 Å². The highest BCUT2D eigenvalue weighted by Crippen LogP contribution is 2.40. The fourth-order valence-corrected chi connectivity index (χ4v) is 7.16. The molecule has 0 N–H and O–H groups in total. The number of carbonyl (C=O) groups excluding carboxylic acids is 1. The molecule has 42 heavy (non-hydrogen) atoms. The van der Waals surface area contributed by atoms with Crippen molar-refractivity contribution in [2.75, 3.05) is 20.8 Å². The summed E-state index contributed by atoms with van der Waals surface area (Å²) in [4.78, 5) is 32.7. The summed E-state index contributed by atoms with van der Waals surface area (Å²) >= 11 is 7.23. The lowest BCUT2D eigenvalue weighted by molar-refractivity contribution is -0.139. The molecule has 0 amide bonds. The number of rotatable bonds is 7. The van der Waals surface area contributed by atoms with Crippen LogP contribution >= 0.6 is 49.9 Å². The average Bonchev–Trinajstić information content (AvgIpc) is 3.42. The summed E-state index contributed by atoms with van der Waals surface area (Å²) in [6.45, 7) is 7.79. The Balaban J connectivity index is 1.73. The number of halogens is 2. The minimum Gasteiger partial charge on any atom is -0.493 e. The van der Waals surface area contributed by atoms with Crippen LogP contribution in [-0.2, 0) is 9.53 Å². The van der Waals surface area contributed by atoms with Gasteiger partial charge in [-0.15, -0.1) is 0 Å². The van der Waals surface area contributed by atoms with Gasteiger partial charge in [-0.2, -0.15) is 0 Å². The summed E-state index contributed by atoms with van der Waals surface area (Å²) in [6.07, 6.45) is 1.90. The van der Waals surface area contributed by atoms with Gasteiger partial charge in [0.1, 0.15) is 0 Å². The Hall–Kier alpha value is -3.16. The number of benzene rings is 2. The van der Waals surface area contributed by atoms with E-state index in [4.69, 9.17) is 19.2 Å². The van der Waals surface area contributed by atoms with Gasteiger partial charge in [0.25, 0.3) is 5.56 Å². The van der Waals surface area contributed by atoms with Gasteiger partial charge in [0.05, 0.1) is 42.7 Å². The van der Waals surface area contributed by atoms with Crippen LogP contribution in [0.5, 0.6) is 11.5 Å². The van der Waals surface area contributed by atoms with Gasteiger partial charge in [-0.25, -0.2) is 9.79 Å². The van der Waals surface area contributed by atoms with E-state index >= 15 is 0 Å². The molecule has 4 aromatic rings. The first kappa shape index (κ1) is 30.3. The lowest BCUT2D eigenvalue weighted by Gasteiger charge is -2.26. The Morgan fingerprint density at radius 1 is 1.10 bits per heavy atom. The van der Waals surface area contributed by atoms with Crippen LogP contribution in [0, 0.1) is 17.4 Å². The van der Waals surface area contributed by atoms with E-state index in [-0.39, 0.29) is 12.2 Å². The molecule has 2 aromatic carbocycles. The first-order valence-electron chi connectivity index (χ1n) is 13.2. The minimum absolute atomic E-state index is 0.191. The molecule has 2 aromatic heterocycles. The SMILES string of the molecule is CCOC(=O)C1=C(C)N=c2s/c(=C\c3cc(C)n(-c4ccc(I)cc4)c3C)c(=O)n2[C@@H]1c1cc(OC)c(OC)cc1Br. The molecular formula is C31H29BrIN3O5S. The molecule has 218 valence electrons. The number of hydrogen-bond donors (Lipinski definition) is 0. The highest BCUT2D eigenvalue weighted by atomic mass is 127. The molecule has 1 aliphatic heterocycles. The van der Waals surface area contributed by atoms with Crippen LogP contribution in [0.3, 0.4) is 0 Å². The van der Waals surface area contributed by atoms with Crippen molar-refractivity contribution in [3.8, 4) is 17.2 Å². The van der Waals surface area contributed by atoms with E-state index in [1.807, 2.05) is 19.9 Å². The number of hydrogen-bond acceptors (Lipinski definition) is 7. The van der Waals surface area contributed by atoms with Crippen molar-refractivity contribution in [3.63, 3.8) is 0 Å². The molecule has 5 rings (SSSR count). The van der Waals surface area contributed by atoms with E-state index in [9.17, 15) is 9.59 Å². The van der Waals surface area contributed by atoms with Crippen LogP contribution in [-0.4, -0.2) is 35.9 Å². The number of nitrogens with zero attached hydrogens (tertiary/aromatic N) is 3. The van der Waals surface area contributed by atoms with Crippen LogP contribution in [0.15, 0.2) is 68.0 Å². The molecular weight excluding hydrogens is 733 g/mol. The van der Waals surface area contributed by atoms with Crippen LogP contribution in [0.1, 0.15) is 42.4 Å². The van der Waals surface area contributed by atoms with Gasteiger partial charge in [-0.05, 0) is 110 Å². The molecule has 0 unspecified atom stereocenters. The fraction of sp³-hybridized carbons (Fsp3) is 0.258. The molecule has 0 saturated carbocycles. The summed E-state index contributed by atoms with van der Waals surface area (Å²) in [5.41, 5.74) is 5.24. The maximum Gasteiger partial charge on any atom is 0.338 e. The van der Waals surface area contributed by atoms with Gasteiger partial charge in [0.15, 0.2) is 16.3 Å². The van der Waals surface area contributed by atoms with Gasteiger partial charge >= 0.3 is 5.97 Å². The van der Waals surface area contributed by atoms with E-state index in [1.165, 1.54) is 11.3 Å². The molecule has 11 heteroatoms. The number of carbonyl (C=O) groups is 1. The zero-order chi connectivity index (χ0) is 30.3. The smallest absolute Gasteiger partial charge is 0.338 e. The highest BCUT2D eigenvalue weighted by Gasteiger charge is 2.35. The number of methoxy groups -OCH3 is 2. The molecule has 1 atom stereocenters. The predicted molar refractivity (Wildman–Crippen MR) is 176 cm³/mol. The number of esters is 1. The number of ether oxygens (including phenoxy) is 3. The van der Waals surface area contributed by atoms with E-state index in [0.717, 1.165) is 26.2 Å². The first-order chi connectivity index (χ1) is 20.1. The number of fused-ring (bicyclic) bond motifs is 1. The standard InChI is InChI=1S/C31H29BrIN3O5S/c1-7-41-30(38)27-17(3)34-31-36(28(27)22-14-24(39-5)25(40-6)15-23(22)32)29(37)26(42-31)13-19-12-16(2)35(18(19)4)21-10-8-20(33)9-11-21/h8-15,28H,7H2,1-6H3/b26-13-/t28-/m1/s1. The van der Waals surface area contributed by atoms with Crippen molar-refractivity contribution in [1.29, 1.82) is 0 Å². The molecule has 0 saturated heterocycles. The Morgan fingerprint density at radius 3 is 2.40 bits per heavy atom. The summed E-state index contributed by atoms with van der Waals surface area (Å²) in [6, 6.07) is 13.1. The van der Waals surface area contributed by atoms with Gasteiger partial charge in [0, 0.05) is 25.1 Å². The summed E-state index contributed by atoms with van der Waals surface area (Å²) < 4.78 is 22.5. The summed E-state index contributed by atoms with van der Waals surface area (Å²) in [5.74, 6) is 0.460. The second-order valence-corrected chi connectivity index (χ2v) is 12.8. The lowest BCUT2D eigenvalue weighted by Crippen LogP contribution is -2.40. The number of aryl methyl sites for hydroxylation is 1. The highest BCUT2D eigenvalue weighted by molar-refractivity contribution is 14.1. The second kappa shape index (κ2) is 12.2. The van der Waals surface area contributed by atoms with Crippen LogP contribution in [0.25, 0.3) is 11.8 Å². The third-order valence-corrected chi connectivity index (χ3v) is 9.55. The third-order valence-electron chi connectivity index (χ3n) is 7.16. The number of aromatic nitrogens is 2. The van der Waals surface area contributed by atoms with Gasteiger partial charge in [0.2, 0.25) is 0 Å². The Bertz CT molecular complexity index is 1920. The minimum atomic E-state index is -0.796. The molecule has 3 heterocycles. The van der Waals surface area contributed by atoms with E-state index < -0.39 is 12.0 Å². The largest absolute Gasteiger partial charge is 0.493 e. The topological polar surface area (TPSA) is 84.1 Å². The maximum atomic E-state index is 14.2. The molecule has 8 nitrogen and oxygen atoms in total. The van der Waals surface area contributed by atoms with Crippen molar-refractivity contribution < 1.29 is 19.0 Å². The molecule has 0 aliphatic carbocycles. The Kier molecular flexibility index (Phi) is 8.81. The molecule has 0 radical (unpaired) electrons. The number of allylic oxidation sites excluding steroid dienone is 1. The monoisotopic (exact) mass is 761 g/mol. The third kappa shape index (κ3) is 5.37. The van der Waals surface area contributed by atoms with Crippen molar-refractivity contribution in [1.82, 2.24) is 9.13 Å². The normalized spacial score (nSPS) is 15.0. The molecule has 0 fully saturated rings. The fourth-order valence-electron chi connectivity index (χ4n) is 5.23. The first-order valence-corrected chi connectivity index (χ1v) is 15.8. The van der Waals surface area contributed by atoms with Crippen LogP contribution in [0.4, 0.5) is 0 Å². The molecule has 0 bridgehead atoms. The van der Waals surface area contributed by atoms with Crippen molar-refractivity contribution >= 4 is 61.9 Å². The number of thiazole rings is 1. The zero-order valence-electron chi connectivity index (χ0n) is 24.0.